The van der Waals surface area contributed by atoms with Crippen LogP contribution in [-0.2, 0) is 6.61 Å². The van der Waals surface area contributed by atoms with Crippen LogP contribution in [0.2, 0.25) is 0 Å². The van der Waals surface area contributed by atoms with Gasteiger partial charge in [0, 0.05) is 23.1 Å². The number of aromatic nitrogens is 2. The first-order valence-corrected chi connectivity index (χ1v) is 8.94. The highest BCUT2D eigenvalue weighted by molar-refractivity contribution is 5.68. The molecule has 1 fully saturated rings. The molecule has 132 valence electrons. The smallest absolute Gasteiger partial charge is 0.151 e. The Hall–Kier alpha value is -2.53. The fourth-order valence-electron chi connectivity index (χ4n) is 4.60. The summed E-state index contributed by atoms with van der Waals surface area (Å²) in [5.74, 6) is -0.372. The van der Waals surface area contributed by atoms with Crippen LogP contribution in [0.4, 0.5) is 8.78 Å². The summed E-state index contributed by atoms with van der Waals surface area (Å²) in [7, 11) is 0. The average Bonchev–Trinajstić information content (AvgIpc) is 3.34. The largest absolute Gasteiger partial charge is 0.392 e. The summed E-state index contributed by atoms with van der Waals surface area (Å²) >= 11 is 0. The van der Waals surface area contributed by atoms with E-state index in [1.165, 1.54) is 17.7 Å². The first-order valence-electron chi connectivity index (χ1n) is 8.94. The summed E-state index contributed by atoms with van der Waals surface area (Å²) in [6.07, 6.45) is 3.28. The molecule has 1 saturated carbocycles. The predicted molar refractivity (Wildman–Crippen MR) is 94.2 cm³/mol. The maximum absolute atomic E-state index is 14.4. The molecule has 2 bridgehead atoms. The molecule has 2 unspecified atom stereocenters. The highest BCUT2D eigenvalue weighted by atomic mass is 19.1. The third-order valence-electron chi connectivity index (χ3n) is 5.71. The Morgan fingerprint density at radius 2 is 1.92 bits per heavy atom. The summed E-state index contributed by atoms with van der Waals surface area (Å²) < 4.78 is 29.5. The summed E-state index contributed by atoms with van der Waals surface area (Å²) in [6, 6.07) is 11.3. The minimum absolute atomic E-state index is 0.0324. The molecule has 0 amide bonds. The van der Waals surface area contributed by atoms with E-state index in [-0.39, 0.29) is 6.61 Å². The zero-order valence-electron chi connectivity index (χ0n) is 14.1. The van der Waals surface area contributed by atoms with Crippen LogP contribution in [0.1, 0.15) is 47.9 Å². The zero-order valence-corrected chi connectivity index (χ0v) is 14.1. The molecule has 0 radical (unpaired) electrons. The molecule has 2 aliphatic rings. The zero-order chi connectivity index (χ0) is 17.8. The highest BCUT2D eigenvalue weighted by Crippen LogP contribution is 2.56. The minimum Gasteiger partial charge on any atom is -0.392 e. The van der Waals surface area contributed by atoms with E-state index in [4.69, 9.17) is 5.10 Å². The number of hydrogen-bond acceptors (Lipinski definition) is 2. The summed E-state index contributed by atoms with van der Waals surface area (Å²) in [5, 5.41) is 14.2. The first kappa shape index (κ1) is 15.7. The summed E-state index contributed by atoms with van der Waals surface area (Å²) in [5.41, 5.74) is 5.16. The molecule has 1 N–H and O–H groups in total. The fourth-order valence-corrected chi connectivity index (χ4v) is 4.60. The Morgan fingerprint density at radius 1 is 1.08 bits per heavy atom. The van der Waals surface area contributed by atoms with E-state index in [9.17, 15) is 13.9 Å². The van der Waals surface area contributed by atoms with Crippen molar-refractivity contribution < 1.29 is 13.9 Å². The Labute approximate surface area is 149 Å². The van der Waals surface area contributed by atoms with Crippen molar-refractivity contribution in [2.45, 2.75) is 37.7 Å². The second-order valence-electron chi connectivity index (χ2n) is 7.22. The highest BCUT2D eigenvalue weighted by Gasteiger charge is 2.43. The molecule has 5 rings (SSSR count). The van der Waals surface area contributed by atoms with Crippen LogP contribution in [0.25, 0.3) is 16.9 Å². The molecule has 0 spiro atoms. The SMILES string of the molecule is OCc1cccc(-c2nn(-c3ccc(F)cc3F)c3c2C2CCC3C2)c1. The lowest BCUT2D eigenvalue weighted by atomic mass is 9.92. The van der Waals surface area contributed by atoms with Gasteiger partial charge in [0.1, 0.15) is 11.5 Å². The van der Waals surface area contributed by atoms with Crippen LogP contribution < -0.4 is 0 Å². The van der Waals surface area contributed by atoms with Crippen LogP contribution in [0.15, 0.2) is 42.5 Å². The molecule has 3 nitrogen and oxygen atoms in total. The van der Waals surface area contributed by atoms with Gasteiger partial charge in [-0.15, -0.1) is 0 Å². The van der Waals surface area contributed by atoms with Gasteiger partial charge in [-0.25, -0.2) is 13.5 Å². The number of aliphatic hydroxyl groups is 1. The fraction of sp³-hybridized carbons (Fsp3) is 0.286. The number of hydrogen-bond donors (Lipinski definition) is 1. The number of benzene rings is 2. The van der Waals surface area contributed by atoms with Gasteiger partial charge in [-0.3, -0.25) is 0 Å². The van der Waals surface area contributed by atoms with Gasteiger partial charge in [-0.1, -0.05) is 18.2 Å². The number of nitrogens with zero attached hydrogens (tertiary/aromatic N) is 2. The van der Waals surface area contributed by atoms with E-state index in [1.54, 1.807) is 4.68 Å². The van der Waals surface area contributed by atoms with Crippen LogP contribution in [-0.4, -0.2) is 14.9 Å². The minimum atomic E-state index is -0.603. The van der Waals surface area contributed by atoms with Crippen LogP contribution >= 0.6 is 0 Å². The lowest BCUT2D eigenvalue weighted by Gasteiger charge is -2.14. The van der Waals surface area contributed by atoms with Crippen molar-refractivity contribution >= 4 is 0 Å². The quantitative estimate of drug-likeness (QED) is 0.744. The van der Waals surface area contributed by atoms with Crippen molar-refractivity contribution in [1.29, 1.82) is 0 Å². The summed E-state index contributed by atoms with van der Waals surface area (Å²) in [6.45, 7) is -0.0324. The van der Waals surface area contributed by atoms with Gasteiger partial charge in [0.05, 0.1) is 18.0 Å². The van der Waals surface area contributed by atoms with E-state index in [0.29, 0.717) is 17.5 Å². The maximum atomic E-state index is 14.4. The lowest BCUT2D eigenvalue weighted by Crippen LogP contribution is -2.07. The van der Waals surface area contributed by atoms with Gasteiger partial charge in [-0.2, -0.15) is 5.10 Å². The Bertz CT molecular complexity index is 1010. The van der Waals surface area contributed by atoms with E-state index >= 15 is 0 Å². The van der Waals surface area contributed by atoms with Crippen molar-refractivity contribution in [3.05, 3.63) is 70.9 Å². The van der Waals surface area contributed by atoms with Crippen molar-refractivity contribution in [3.63, 3.8) is 0 Å². The van der Waals surface area contributed by atoms with Gasteiger partial charge < -0.3 is 5.11 Å². The molecule has 1 aromatic heterocycles. The average molecular weight is 352 g/mol. The van der Waals surface area contributed by atoms with Gasteiger partial charge in [0.25, 0.3) is 0 Å². The Morgan fingerprint density at radius 3 is 2.73 bits per heavy atom. The first-order chi connectivity index (χ1) is 12.7. The molecule has 2 aliphatic carbocycles. The second kappa shape index (κ2) is 5.74. The normalized spacial score (nSPS) is 20.6. The topological polar surface area (TPSA) is 38.1 Å². The van der Waals surface area contributed by atoms with E-state index in [2.05, 4.69) is 0 Å². The molecule has 0 aliphatic heterocycles. The van der Waals surface area contributed by atoms with Gasteiger partial charge in [-0.05, 0) is 48.9 Å². The Balaban J connectivity index is 1.74. The second-order valence-corrected chi connectivity index (χ2v) is 7.22. The number of fused-ring (bicyclic) bond motifs is 5. The molecule has 1 heterocycles. The summed E-state index contributed by atoms with van der Waals surface area (Å²) in [4.78, 5) is 0. The number of halogens is 2. The maximum Gasteiger partial charge on any atom is 0.151 e. The van der Waals surface area contributed by atoms with Gasteiger partial charge in [0.15, 0.2) is 5.82 Å². The molecule has 2 aromatic carbocycles. The molecule has 0 saturated heterocycles. The standard InChI is InChI=1S/C21H18F2N2O/c22-16-6-7-18(17(23)10-16)25-21-15-5-4-13(9-15)19(21)20(24-25)14-3-1-2-12(8-14)11-26/h1-3,6-8,10,13,15,26H,4-5,9,11H2. The van der Waals surface area contributed by atoms with Crippen molar-refractivity contribution in [3.8, 4) is 16.9 Å². The molecular formula is C21H18F2N2O. The van der Waals surface area contributed by atoms with Gasteiger partial charge >= 0.3 is 0 Å². The van der Waals surface area contributed by atoms with Gasteiger partial charge in [0.2, 0.25) is 0 Å². The molecule has 26 heavy (non-hydrogen) atoms. The molecule has 2 atom stereocenters. The molecule has 5 heteroatoms. The number of aliphatic hydroxyl groups excluding tert-OH is 1. The van der Waals surface area contributed by atoms with Crippen molar-refractivity contribution in [2.75, 3.05) is 0 Å². The van der Waals surface area contributed by atoms with Crippen LogP contribution in [0, 0.1) is 11.6 Å². The predicted octanol–water partition coefficient (Wildman–Crippen LogP) is 4.67. The molecule has 3 aromatic rings. The monoisotopic (exact) mass is 352 g/mol. The van der Waals surface area contributed by atoms with E-state index in [0.717, 1.165) is 47.8 Å². The van der Waals surface area contributed by atoms with Crippen LogP contribution in [0.5, 0.6) is 0 Å². The number of rotatable bonds is 3. The van der Waals surface area contributed by atoms with Crippen molar-refractivity contribution in [1.82, 2.24) is 9.78 Å². The third kappa shape index (κ3) is 2.23. The third-order valence-corrected chi connectivity index (χ3v) is 5.71. The van der Waals surface area contributed by atoms with E-state index in [1.807, 2.05) is 24.3 Å². The Kier molecular flexibility index (Phi) is 3.47. The van der Waals surface area contributed by atoms with Crippen molar-refractivity contribution in [2.24, 2.45) is 0 Å². The molecular weight excluding hydrogens is 334 g/mol. The van der Waals surface area contributed by atoms with E-state index < -0.39 is 11.6 Å². The lowest BCUT2D eigenvalue weighted by molar-refractivity contribution is 0.282. The van der Waals surface area contributed by atoms with Crippen LogP contribution in [0.3, 0.4) is 0 Å².